The first-order chi connectivity index (χ1) is 15.9. The Hall–Kier alpha value is -2.52. The molecule has 1 aliphatic rings. The Kier molecular flexibility index (Phi) is 10.00. The number of non-ortho nitro benzene ring substituents is 1. The Labute approximate surface area is 198 Å². The van der Waals surface area contributed by atoms with Crippen LogP contribution in [0.25, 0.3) is 0 Å². The van der Waals surface area contributed by atoms with Gasteiger partial charge in [0.05, 0.1) is 18.1 Å². The molecule has 1 saturated heterocycles. The van der Waals surface area contributed by atoms with Crippen molar-refractivity contribution in [3.05, 3.63) is 75.0 Å². The molecule has 0 bridgehead atoms. The molecule has 0 aliphatic carbocycles. The Morgan fingerprint density at radius 3 is 1.74 bits per heavy atom. The highest BCUT2D eigenvalue weighted by Gasteiger charge is 2.32. The van der Waals surface area contributed by atoms with Gasteiger partial charge in [-0.2, -0.15) is 4.74 Å². The Morgan fingerprint density at radius 1 is 0.971 bits per heavy atom. The minimum absolute atomic E-state index is 0.0127. The van der Waals surface area contributed by atoms with E-state index in [2.05, 4.69) is 6.72 Å². The molecule has 2 aromatic carbocycles. The molecule has 0 aromatic heterocycles. The van der Waals surface area contributed by atoms with Crippen LogP contribution < -0.4 is 0 Å². The molecule has 11 nitrogen and oxygen atoms in total. The van der Waals surface area contributed by atoms with E-state index in [9.17, 15) is 24.5 Å². The molecule has 0 amide bonds. The summed E-state index contributed by atoms with van der Waals surface area (Å²) in [5.41, 5.74) is 1.76. The van der Waals surface area contributed by atoms with Crippen LogP contribution in [0, 0.1) is 20.7 Å². The zero-order chi connectivity index (χ0) is 25.4. The average Bonchev–Trinajstić information content (AvgIpc) is 2.79. The highest BCUT2D eigenvalue weighted by Crippen LogP contribution is 2.49. The van der Waals surface area contributed by atoms with Crippen molar-refractivity contribution in [2.75, 3.05) is 19.9 Å². The normalized spacial score (nSPS) is 16.6. The van der Waals surface area contributed by atoms with E-state index in [1.807, 2.05) is 13.8 Å². The van der Waals surface area contributed by atoms with E-state index in [-0.39, 0.29) is 24.3 Å². The van der Waals surface area contributed by atoms with Crippen molar-refractivity contribution in [2.45, 2.75) is 27.1 Å². The van der Waals surface area contributed by atoms with Crippen molar-refractivity contribution in [3.8, 4) is 0 Å². The summed E-state index contributed by atoms with van der Waals surface area (Å²) < 4.78 is 43.4. The van der Waals surface area contributed by atoms with Gasteiger partial charge in [-0.1, -0.05) is 13.8 Å². The van der Waals surface area contributed by atoms with Crippen molar-refractivity contribution in [2.24, 2.45) is 5.41 Å². The Bertz CT molecular complexity index is 979. The monoisotopic (exact) mass is 513 g/mol. The number of nitro benzene ring substituents is 1. The van der Waals surface area contributed by atoms with Crippen molar-refractivity contribution >= 4 is 33.9 Å². The van der Waals surface area contributed by atoms with E-state index in [0.29, 0.717) is 29.2 Å². The van der Waals surface area contributed by atoms with Gasteiger partial charge in [-0.15, -0.1) is 9.05 Å². The summed E-state index contributed by atoms with van der Waals surface area (Å²) in [6.07, 6.45) is 0. The lowest BCUT2D eigenvalue weighted by atomic mass is 9.97. The lowest BCUT2D eigenvalue weighted by Crippen LogP contribution is -2.28. The minimum atomic E-state index is -2.67. The number of rotatable bonds is 8. The first-order valence-electron chi connectivity index (χ1n) is 10.1. The van der Waals surface area contributed by atoms with Crippen molar-refractivity contribution in [1.29, 1.82) is 0 Å². The van der Waals surface area contributed by atoms with E-state index in [4.69, 9.17) is 18.1 Å². The molecule has 2 aromatic rings. The van der Waals surface area contributed by atoms with Gasteiger partial charge in [0.25, 0.3) is 5.69 Å². The summed E-state index contributed by atoms with van der Waals surface area (Å²) in [4.78, 5) is 10.0. The number of hydrogen-bond donors (Lipinski definition) is 0. The second-order valence-electron chi connectivity index (χ2n) is 8.22. The Balaban J connectivity index is 0.000000340. The molecule has 1 atom stereocenters. The van der Waals surface area contributed by atoms with Crippen LogP contribution in [-0.4, -0.2) is 36.3 Å². The van der Waals surface area contributed by atoms with Crippen LogP contribution in [-0.2, 0) is 40.4 Å². The SMILES string of the molecule is C=[N+]([O-])c1ccc(CO[P+](=O)OCc2ccc([N+](=O)[O-])cc2)cc1.CC1(C)COP(C)(=O)OC1. The minimum Gasteiger partial charge on any atom is -0.619 e. The van der Waals surface area contributed by atoms with E-state index < -0.39 is 20.8 Å². The summed E-state index contributed by atoms with van der Waals surface area (Å²) in [5.74, 6) is 0. The quantitative estimate of drug-likeness (QED) is 0.108. The predicted octanol–water partition coefficient (Wildman–Crippen LogP) is 5.71. The van der Waals surface area contributed by atoms with Gasteiger partial charge in [-0.25, -0.2) is 0 Å². The van der Waals surface area contributed by atoms with E-state index in [0.717, 1.165) is 5.56 Å². The van der Waals surface area contributed by atoms with Gasteiger partial charge >= 0.3 is 15.9 Å². The molecule has 13 heteroatoms. The fourth-order valence-electron chi connectivity index (χ4n) is 2.43. The van der Waals surface area contributed by atoms with Crippen molar-refractivity contribution < 1.29 is 36.9 Å². The molecular weight excluding hydrogens is 486 g/mol. The topological polar surface area (TPSA) is 140 Å². The molecule has 184 valence electrons. The molecule has 1 aliphatic heterocycles. The van der Waals surface area contributed by atoms with Gasteiger partial charge in [-0.05, 0) is 35.4 Å². The van der Waals surface area contributed by atoms with E-state index in [1.165, 1.54) is 30.9 Å². The molecule has 3 rings (SSSR count). The molecule has 0 spiro atoms. The van der Waals surface area contributed by atoms with E-state index in [1.54, 1.807) is 24.3 Å². The maximum absolute atomic E-state index is 11.7. The van der Waals surface area contributed by atoms with Crippen molar-refractivity contribution in [3.63, 3.8) is 0 Å². The van der Waals surface area contributed by atoms with Crippen LogP contribution in [0.2, 0.25) is 0 Å². The molecule has 34 heavy (non-hydrogen) atoms. The zero-order valence-corrected chi connectivity index (χ0v) is 20.9. The fraction of sp³-hybridized carbons (Fsp3) is 0.381. The van der Waals surface area contributed by atoms with E-state index >= 15 is 0 Å². The molecule has 1 fully saturated rings. The fourth-order valence-corrected chi connectivity index (χ4v) is 4.25. The van der Waals surface area contributed by atoms with Crippen molar-refractivity contribution in [1.82, 2.24) is 0 Å². The predicted molar refractivity (Wildman–Crippen MR) is 126 cm³/mol. The van der Waals surface area contributed by atoms with Crippen LogP contribution in [0.3, 0.4) is 0 Å². The first kappa shape index (κ1) is 27.7. The first-order valence-corrected chi connectivity index (χ1v) is 13.2. The maximum atomic E-state index is 11.7. The molecule has 0 saturated carbocycles. The highest BCUT2D eigenvalue weighted by molar-refractivity contribution is 7.53. The maximum Gasteiger partial charge on any atom is 0.698 e. The highest BCUT2D eigenvalue weighted by atomic mass is 31.2. The number of benzene rings is 2. The van der Waals surface area contributed by atoms with Crippen LogP contribution >= 0.6 is 15.9 Å². The smallest absolute Gasteiger partial charge is 0.619 e. The molecule has 0 radical (unpaired) electrons. The Morgan fingerprint density at radius 2 is 1.38 bits per heavy atom. The standard InChI is InChI=1S/C15H14N2O6P.C6H13O3P/c1-16(18)14-6-2-12(3-7-14)10-22-24(21)23-11-13-4-8-15(9-5-13)17(19)20;1-6(2)4-8-10(3,7)9-5-6/h2-9H,1,10-11H2;4-5H2,1-3H3/q+1;. The van der Waals surface area contributed by atoms with Crippen LogP contribution in [0.1, 0.15) is 25.0 Å². The van der Waals surface area contributed by atoms with Crippen LogP contribution in [0.5, 0.6) is 0 Å². The van der Waals surface area contributed by atoms with Crippen LogP contribution in [0.15, 0.2) is 48.5 Å². The second kappa shape index (κ2) is 12.3. The summed E-state index contributed by atoms with van der Waals surface area (Å²) >= 11 is 0. The summed E-state index contributed by atoms with van der Waals surface area (Å²) in [5, 5.41) is 21.5. The van der Waals surface area contributed by atoms with Gasteiger partial charge in [0.2, 0.25) is 5.69 Å². The summed E-state index contributed by atoms with van der Waals surface area (Å²) in [6, 6.07) is 12.2. The van der Waals surface area contributed by atoms with Gasteiger partial charge in [0, 0.05) is 40.9 Å². The molecule has 1 heterocycles. The molecule has 0 N–H and O–H groups in total. The molecule has 1 unspecified atom stereocenters. The van der Waals surface area contributed by atoms with Gasteiger partial charge in [0.1, 0.15) is 19.9 Å². The third-order valence-electron chi connectivity index (χ3n) is 4.42. The third kappa shape index (κ3) is 9.77. The number of hydrogen-bond acceptors (Lipinski definition) is 9. The lowest BCUT2D eigenvalue weighted by Gasteiger charge is -2.32. The number of nitro groups is 1. The molecular formula is C21H27N2O9P2+. The largest absolute Gasteiger partial charge is 0.698 e. The van der Waals surface area contributed by atoms with Gasteiger partial charge in [0.15, 0.2) is 0 Å². The third-order valence-corrected chi connectivity index (χ3v) is 6.30. The summed E-state index contributed by atoms with van der Waals surface area (Å²) in [7, 11) is -5.00. The zero-order valence-electron chi connectivity index (χ0n) is 19.1. The van der Waals surface area contributed by atoms with Gasteiger partial charge in [-0.3, -0.25) is 14.7 Å². The second-order valence-corrected chi connectivity index (χ2v) is 11.2. The van der Waals surface area contributed by atoms with Gasteiger partial charge < -0.3 is 14.3 Å². The van der Waals surface area contributed by atoms with Crippen LogP contribution in [0.4, 0.5) is 11.4 Å². The number of nitrogens with zero attached hydrogens (tertiary/aromatic N) is 2. The summed E-state index contributed by atoms with van der Waals surface area (Å²) in [6.45, 7) is 9.90. The lowest BCUT2D eigenvalue weighted by molar-refractivity contribution is -0.384. The average molecular weight is 513 g/mol.